The van der Waals surface area contributed by atoms with Crippen molar-refractivity contribution in [3.05, 3.63) is 29.8 Å². The molecule has 0 spiro atoms. The average molecular weight is 350 g/mol. The Morgan fingerprint density at radius 2 is 1.79 bits per heavy atom. The number of hydrogen-bond donors (Lipinski definition) is 0. The molecule has 24 heavy (non-hydrogen) atoms. The summed E-state index contributed by atoms with van der Waals surface area (Å²) in [7, 11) is 1.57. The van der Waals surface area contributed by atoms with Crippen molar-refractivity contribution in [1.29, 1.82) is 0 Å². The van der Waals surface area contributed by atoms with Crippen molar-refractivity contribution in [2.45, 2.75) is 26.2 Å². The molecule has 1 saturated heterocycles. The van der Waals surface area contributed by atoms with E-state index in [4.69, 9.17) is 4.74 Å². The van der Waals surface area contributed by atoms with Crippen molar-refractivity contribution in [2.24, 2.45) is 0 Å². The molecule has 2 aromatic rings. The van der Waals surface area contributed by atoms with Crippen LogP contribution in [0.3, 0.4) is 0 Å². The van der Waals surface area contributed by atoms with E-state index in [1.807, 2.05) is 0 Å². The first-order valence-corrected chi connectivity index (χ1v) is 8.83. The minimum atomic E-state index is -0.280. The second-order valence-corrected chi connectivity index (χ2v) is 7.67. The van der Waals surface area contributed by atoms with Gasteiger partial charge in [0.2, 0.25) is 5.13 Å². The third-order valence-electron chi connectivity index (χ3n) is 4.12. The van der Waals surface area contributed by atoms with Gasteiger partial charge >= 0.3 is 0 Å². The molecule has 1 aliphatic rings. The van der Waals surface area contributed by atoms with E-state index in [1.165, 1.54) is 23.7 Å². The summed E-state index contributed by atoms with van der Waals surface area (Å²) in [6.45, 7) is 9.77. The average Bonchev–Trinajstić information content (AvgIpc) is 3.05. The van der Waals surface area contributed by atoms with Gasteiger partial charge < -0.3 is 14.5 Å². The van der Waals surface area contributed by atoms with Gasteiger partial charge in [-0.1, -0.05) is 20.8 Å². The van der Waals surface area contributed by atoms with E-state index in [0.29, 0.717) is 5.75 Å². The Balaban J connectivity index is 1.69. The lowest BCUT2D eigenvalue weighted by atomic mass is 9.96. The van der Waals surface area contributed by atoms with Gasteiger partial charge in [-0.25, -0.2) is 9.37 Å². The molecule has 1 aliphatic heterocycles. The first-order chi connectivity index (χ1) is 11.4. The molecule has 1 aromatic heterocycles. The molecule has 1 fully saturated rings. The summed E-state index contributed by atoms with van der Waals surface area (Å²) < 4.78 is 23.2. The van der Waals surface area contributed by atoms with Crippen molar-refractivity contribution < 1.29 is 9.13 Å². The molecule has 0 N–H and O–H groups in total. The summed E-state index contributed by atoms with van der Waals surface area (Å²) in [5.74, 6) is 1.19. The van der Waals surface area contributed by atoms with Crippen LogP contribution in [0.4, 0.5) is 15.2 Å². The number of ether oxygens (including phenoxy) is 1. The van der Waals surface area contributed by atoms with Crippen molar-refractivity contribution in [3.8, 4) is 5.75 Å². The van der Waals surface area contributed by atoms with E-state index in [9.17, 15) is 4.39 Å². The number of benzene rings is 1. The summed E-state index contributed by atoms with van der Waals surface area (Å²) in [6, 6.07) is 4.69. The Hall–Kier alpha value is -1.89. The van der Waals surface area contributed by atoms with Crippen LogP contribution >= 0.6 is 11.5 Å². The SMILES string of the molecule is COc1cc(F)ccc1N1CCN(c2nc(C(C)(C)C)ns2)CC1. The maximum Gasteiger partial charge on any atom is 0.205 e. The number of methoxy groups -OCH3 is 1. The van der Waals surface area contributed by atoms with Gasteiger partial charge in [0.1, 0.15) is 17.4 Å². The zero-order valence-electron chi connectivity index (χ0n) is 14.5. The van der Waals surface area contributed by atoms with E-state index in [0.717, 1.165) is 42.8 Å². The zero-order valence-corrected chi connectivity index (χ0v) is 15.4. The number of nitrogens with zero attached hydrogens (tertiary/aromatic N) is 4. The van der Waals surface area contributed by atoms with E-state index < -0.39 is 0 Å². The predicted octanol–water partition coefficient (Wildman–Crippen LogP) is 3.31. The van der Waals surface area contributed by atoms with E-state index in [2.05, 4.69) is 39.9 Å². The highest BCUT2D eigenvalue weighted by atomic mass is 32.1. The van der Waals surface area contributed by atoms with Crippen LogP contribution in [0.2, 0.25) is 0 Å². The molecule has 0 unspecified atom stereocenters. The number of rotatable bonds is 3. The first kappa shape index (κ1) is 17.0. The van der Waals surface area contributed by atoms with E-state index >= 15 is 0 Å². The maximum atomic E-state index is 13.4. The Bertz CT molecular complexity index is 705. The lowest BCUT2D eigenvalue weighted by Crippen LogP contribution is -2.46. The van der Waals surface area contributed by atoms with Crippen LogP contribution in [0.25, 0.3) is 0 Å². The highest BCUT2D eigenvalue weighted by Crippen LogP contribution is 2.31. The summed E-state index contributed by atoms with van der Waals surface area (Å²) in [6.07, 6.45) is 0. The Morgan fingerprint density at radius 3 is 2.38 bits per heavy atom. The van der Waals surface area contributed by atoms with Crippen LogP contribution in [-0.4, -0.2) is 42.6 Å². The fraction of sp³-hybridized carbons (Fsp3) is 0.529. The van der Waals surface area contributed by atoms with Crippen LogP contribution in [0.15, 0.2) is 18.2 Å². The normalized spacial score (nSPS) is 15.7. The molecule has 3 rings (SSSR count). The van der Waals surface area contributed by atoms with Crippen molar-refractivity contribution in [1.82, 2.24) is 9.36 Å². The Morgan fingerprint density at radius 1 is 1.12 bits per heavy atom. The second-order valence-electron chi connectivity index (χ2n) is 6.94. The predicted molar refractivity (Wildman–Crippen MR) is 96.0 cm³/mol. The highest BCUT2D eigenvalue weighted by Gasteiger charge is 2.25. The standard InChI is InChI=1S/C17H23FN4OS/c1-17(2,3)15-19-16(24-20-15)22-9-7-21(8-10-22)13-6-5-12(18)11-14(13)23-4/h5-6,11H,7-10H2,1-4H3. The minimum absolute atomic E-state index is 0.0297. The lowest BCUT2D eigenvalue weighted by Gasteiger charge is -2.36. The Kier molecular flexibility index (Phi) is 4.62. The fourth-order valence-electron chi connectivity index (χ4n) is 2.70. The molecular formula is C17H23FN4OS. The van der Waals surface area contributed by atoms with Crippen molar-refractivity contribution in [3.63, 3.8) is 0 Å². The van der Waals surface area contributed by atoms with Crippen molar-refractivity contribution in [2.75, 3.05) is 43.1 Å². The van der Waals surface area contributed by atoms with Crippen LogP contribution in [0, 0.1) is 5.82 Å². The van der Waals surface area contributed by atoms with E-state index in [1.54, 1.807) is 13.2 Å². The molecule has 0 atom stereocenters. The minimum Gasteiger partial charge on any atom is -0.494 e. The number of halogens is 1. The van der Waals surface area contributed by atoms with Gasteiger partial charge in [0.25, 0.3) is 0 Å². The molecule has 0 amide bonds. The lowest BCUT2D eigenvalue weighted by molar-refractivity contribution is 0.410. The van der Waals surface area contributed by atoms with Gasteiger partial charge in [0.15, 0.2) is 0 Å². The molecule has 130 valence electrons. The molecular weight excluding hydrogens is 327 g/mol. The van der Waals surface area contributed by atoms with Crippen LogP contribution in [-0.2, 0) is 5.41 Å². The van der Waals surface area contributed by atoms with Gasteiger partial charge in [0, 0.05) is 49.2 Å². The topological polar surface area (TPSA) is 41.5 Å². The van der Waals surface area contributed by atoms with E-state index in [-0.39, 0.29) is 11.2 Å². The molecule has 1 aromatic carbocycles. The fourth-order valence-corrected chi connectivity index (χ4v) is 3.61. The maximum absolute atomic E-state index is 13.4. The van der Waals surface area contributed by atoms with Crippen LogP contribution in [0.5, 0.6) is 5.75 Å². The number of hydrogen-bond acceptors (Lipinski definition) is 6. The monoisotopic (exact) mass is 350 g/mol. The van der Waals surface area contributed by atoms with Gasteiger partial charge in [0.05, 0.1) is 12.8 Å². The number of piperazine rings is 1. The Labute approximate surface area is 146 Å². The summed E-state index contributed by atoms with van der Waals surface area (Å²) in [5, 5.41) is 0.977. The summed E-state index contributed by atoms with van der Waals surface area (Å²) in [5.41, 5.74) is 0.907. The van der Waals surface area contributed by atoms with Gasteiger partial charge in [-0.05, 0) is 12.1 Å². The molecule has 5 nitrogen and oxygen atoms in total. The smallest absolute Gasteiger partial charge is 0.205 e. The first-order valence-electron chi connectivity index (χ1n) is 8.06. The quantitative estimate of drug-likeness (QED) is 0.849. The third kappa shape index (κ3) is 3.45. The molecule has 0 aliphatic carbocycles. The van der Waals surface area contributed by atoms with Gasteiger partial charge in [-0.15, -0.1) is 0 Å². The van der Waals surface area contributed by atoms with Crippen LogP contribution < -0.4 is 14.5 Å². The van der Waals surface area contributed by atoms with Gasteiger partial charge in [-0.3, -0.25) is 0 Å². The zero-order chi connectivity index (χ0) is 17.3. The number of anilines is 2. The van der Waals surface area contributed by atoms with Gasteiger partial charge in [-0.2, -0.15) is 4.37 Å². The molecule has 2 heterocycles. The molecule has 7 heteroatoms. The molecule has 0 radical (unpaired) electrons. The summed E-state index contributed by atoms with van der Waals surface area (Å²) >= 11 is 1.46. The second kappa shape index (κ2) is 6.55. The molecule has 0 saturated carbocycles. The largest absolute Gasteiger partial charge is 0.494 e. The summed E-state index contributed by atoms with van der Waals surface area (Å²) in [4.78, 5) is 9.17. The highest BCUT2D eigenvalue weighted by molar-refractivity contribution is 7.09. The van der Waals surface area contributed by atoms with Crippen LogP contribution in [0.1, 0.15) is 26.6 Å². The number of aromatic nitrogens is 2. The van der Waals surface area contributed by atoms with Crippen molar-refractivity contribution >= 4 is 22.4 Å². The molecule has 0 bridgehead atoms. The third-order valence-corrected chi connectivity index (χ3v) is 4.90.